The predicted octanol–water partition coefficient (Wildman–Crippen LogP) is 0.133. The van der Waals surface area contributed by atoms with E-state index >= 15 is 0 Å². The summed E-state index contributed by atoms with van der Waals surface area (Å²) in [5.41, 5.74) is 6.69. The van der Waals surface area contributed by atoms with Crippen molar-refractivity contribution in [3.8, 4) is 0 Å². The van der Waals surface area contributed by atoms with Crippen LogP contribution in [0.3, 0.4) is 0 Å². The van der Waals surface area contributed by atoms with Crippen molar-refractivity contribution in [3.05, 3.63) is 17.5 Å². The van der Waals surface area contributed by atoms with Crippen LogP contribution in [-0.2, 0) is 7.05 Å². The molecule has 0 bridgehead atoms. The van der Waals surface area contributed by atoms with Gasteiger partial charge in [0, 0.05) is 7.05 Å². The van der Waals surface area contributed by atoms with Gasteiger partial charge in [-0.05, 0) is 19.9 Å². The zero-order chi connectivity index (χ0) is 11.6. The zero-order valence-corrected chi connectivity index (χ0v) is 9.76. The predicted molar refractivity (Wildman–Crippen MR) is 61.7 cm³/mol. The van der Waals surface area contributed by atoms with Gasteiger partial charge in [-0.3, -0.25) is 9.48 Å². The second kappa shape index (κ2) is 4.39. The molecule has 5 nitrogen and oxygen atoms in total. The van der Waals surface area contributed by atoms with Gasteiger partial charge in [-0.1, -0.05) is 12.2 Å². The third kappa shape index (κ3) is 2.76. The van der Waals surface area contributed by atoms with Gasteiger partial charge in [0.1, 0.15) is 5.69 Å². The Labute approximate surface area is 93.6 Å². The topological polar surface area (TPSA) is 72.9 Å². The molecule has 15 heavy (non-hydrogen) atoms. The van der Waals surface area contributed by atoms with E-state index in [0.717, 1.165) is 5.69 Å². The number of nitrogens with zero attached hydrogens (tertiary/aromatic N) is 2. The van der Waals surface area contributed by atoms with E-state index in [4.69, 9.17) is 18.0 Å². The minimum Gasteiger partial charge on any atom is -0.392 e. The van der Waals surface area contributed by atoms with E-state index in [-0.39, 0.29) is 16.9 Å². The molecule has 82 valence electrons. The molecule has 6 heteroatoms. The second-order valence-corrected chi connectivity index (χ2v) is 3.86. The highest BCUT2D eigenvalue weighted by atomic mass is 32.1. The van der Waals surface area contributed by atoms with Gasteiger partial charge in [0.15, 0.2) is 0 Å². The van der Waals surface area contributed by atoms with Gasteiger partial charge in [-0.25, -0.2) is 0 Å². The van der Waals surface area contributed by atoms with Crippen LogP contribution in [0, 0.1) is 6.92 Å². The number of nitrogens with two attached hydrogens (primary N) is 1. The molecular weight excluding hydrogens is 212 g/mol. The summed E-state index contributed by atoms with van der Waals surface area (Å²) in [6.45, 7) is 3.57. The lowest BCUT2D eigenvalue weighted by molar-refractivity contribution is 0.0940. The van der Waals surface area contributed by atoms with Gasteiger partial charge in [-0.2, -0.15) is 5.10 Å². The van der Waals surface area contributed by atoms with Crippen molar-refractivity contribution in [1.82, 2.24) is 15.1 Å². The molecule has 1 aromatic heterocycles. The highest BCUT2D eigenvalue weighted by Crippen LogP contribution is 2.01. The smallest absolute Gasteiger partial charge is 0.270 e. The minimum atomic E-state index is -0.317. The Morgan fingerprint density at radius 3 is 2.73 bits per heavy atom. The summed E-state index contributed by atoms with van der Waals surface area (Å²) in [6, 6.07) is 1.39. The van der Waals surface area contributed by atoms with Crippen LogP contribution in [0.2, 0.25) is 0 Å². The summed E-state index contributed by atoms with van der Waals surface area (Å²) in [7, 11) is 1.72. The maximum Gasteiger partial charge on any atom is 0.270 e. The molecule has 1 rings (SSSR count). The number of hydrogen-bond acceptors (Lipinski definition) is 3. The molecule has 1 heterocycles. The average molecular weight is 226 g/mol. The third-order valence-electron chi connectivity index (χ3n) is 2.01. The van der Waals surface area contributed by atoms with E-state index in [1.165, 1.54) is 4.68 Å². The van der Waals surface area contributed by atoms with Crippen LogP contribution in [0.4, 0.5) is 0 Å². The van der Waals surface area contributed by atoms with Crippen LogP contribution in [0.25, 0.3) is 0 Å². The van der Waals surface area contributed by atoms with E-state index in [9.17, 15) is 4.79 Å². The Kier molecular flexibility index (Phi) is 3.41. The number of thiocarbonyl (C=S) groups is 1. The first-order valence-electron chi connectivity index (χ1n) is 4.52. The molecule has 0 saturated carbocycles. The van der Waals surface area contributed by atoms with Crippen molar-refractivity contribution < 1.29 is 4.79 Å². The summed E-state index contributed by atoms with van der Waals surface area (Å²) in [6.07, 6.45) is 0. The highest BCUT2D eigenvalue weighted by Gasteiger charge is 2.15. The highest BCUT2D eigenvalue weighted by molar-refractivity contribution is 7.80. The van der Waals surface area contributed by atoms with E-state index in [0.29, 0.717) is 5.69 Å². The molecule has 0 fully saturated rings. The van der Waals surface area contributed by atoms with Crippen LogP contribution < -0.4 is 11.1 Å². The molecule has 0 aliphatic rings. The van der Waals surface area contributed by atoms with Gasteiger partial charge >= 0.3 is 0 Å². The molecule has 0 aliphatic carbocycles. The molecule has 3 N–H and O–H groups in total. The van der Waals surface area contributed by atoms with Gasteiger partial charge in [0.2, 0.25) is 0 Å². The maximum absolute atomic E-state index is 11.7. The number of rotatable bonds is 3. The molecule has 0 spiro atoms. The SMILES string of the molecule is Cc1cc(C(=O)NC(C)C(N)=S)n(C)n1. The van der Waals surface area contributed by atoms with Gasteiger partial charge in [0.25, 0.3) is 5.91 Å². The number of aryl methyl sites for hydroxylation is 2. The Balaban J connectivity index is 2.77. The first kappa shape index (κ1) is 11.6. The molecule has 0 saturated heterocycles. The monoisotopic (exact) mass is 226 g/mol. The number of amides is 1. The Morgan fingerprint density at radius 1 is 1.73 bits per heavy atom. The molecular formula is C9H14N4OS. The number of aromatic nitrogens is 2. The lowest BCUT2D eigenvalue weighted by Crippen LogP contribution is -2.41. The summed E-state index contributed by atoms with van der Waals surface area (Å²) < 4.78 is 1.52. The Morgan fingerprint density at radius 2 is 2.33 bits per heavy atom. The minimum absolute atomic E-state index is 0.224. The van der Waals surface area contributed by atoms with Gasteiger partial charge in [0.05, 0.1) is 16.7 Å². The molecule has 1 aromatic rings. The van der Waals surface area contributed by atoms with E-state index < -0.39 is 0 Å². The Hall–Kier alpha value is -1.43. The van der Waals surface area contributed by atoms with Crippen molar-refractivity contribution >= 4 is 23.1 Å². The van der Waals surface area contributed by atoms with Crippen LogP contribution in [0.5, 0.6) is 0 Å². The first-order valence-corrected chi connectivity index (χ1v) is 4.93. The van der Waals surface area contributed by atoms with Crippen molar-refractivity contribution in [2.24, 2.45) is 12.8 Å². The summed E-state index contributed by atoms with van der Waals surface area (Å²) in [4.78, 5) is 12.0. The van der Waals surface area contributed by atoms with E-state index in [1.54, 1.807) is 20.0 Å². The Bertz CT molecular complexity index is 399. The normalized spacial score (nSPS) is 12.2. The summed E-state index contributed by atoms with van der Waals surface area (Å²) in [5, 5.41) is 6.76. The number of nitrogens with one attached hydrogen (secondary N) is 1. The zero-order valence-electron chi connectivity index (χ0n) is 8.94. The molecule has 1 unspecified atom stereocenters. The van der Waals surface area contributed by atoms with Gasteiger partial charge in [-0.15, -0.1) is 0 Å². The summed E-state index contributed by atoms with van der Waals surface area (Å²) >= 11 is 4.77. The molecule has 0 aromatic carbocycles. The quantitative estimate of drug-likeness (QED) is 0.719. The molecule has 1 atom stereocenters. The van der Waals surface area contributed by atoms with E-state index in [1.807, 2.05) is 6.92 Å². The standard InChI is InChI=1S/C9H14N4OS/c1-5-4-7(13(3)12-5)9(14)11-6(2)8(10)15/h4,6H,1-3H3,(H2,10,15)(H,11,14). The van der Waals surface area contributed by atoms with Crippen LogP contribution in [-0.4, -0.2) is 26.7 Å². The maximum atomic E-state index is 11.7. The van der Waals surface area contributed by atoms with Crippen LogP contribution in [0.15, 0.2) is 6.07 Å². The first-order chi connectivity index (χ1) is 6.91. The van der Waals surface area contributed by atoms with Crippen molar-refractivity contribution in [1.29, 1.82) is 0 Å². The van der Waals surface area contributed by atoms with Crippen LogP contribution in [0.1, 0.15) is 23.1 Å². The fourth-order valence-electron chi connectivity index (χ4n) is 1.16. The lowest BCUT2D eigenvalue weighted by Gasteiger charge is -2.11. The van der Waals surface area contributed by atoms with Crippen molar-refractivity contribution in [2.45, 2.75) is 19.9 Å². The lowest BCUT2D eigenvalue weighted by atomic mass is 10.3. The molecule has 1 amide bonds. The van der Waals surface area contributed by atoms with Crippen molar-refractivity contribution in [3.63, 3.8) is 0 Å². The second-order valence-electron chi connectivity index (χ2n) is 3.39. The van der Waals surface area contributed by atoms with Gasteiger partial charge < -0.3 is 11.1 Å². The molecule has 0 radical (unpaired) electrons. The molecule has 0 aliphatic heterocycles. The summed E-state index contributed by atoms with van der Waals surface area (Å²) in [5.74, 6) is -0.224. The third-order valence-corrected chi connectivity index (χ3v) is 2.36. The number of hydrogen-bond donors (Lipinski definition) is 2. The largest absolute Gasteiger partial charge is 0.392 e. The fraction of sp³-hybridized carbons (Fsp3) is 0.444. The van der Waals surface area contributed by atoms with Crippen molar-refractivity contribution in [2.75, 3.05) is 0 Å². The fourth-order valence-corrected chi connectivity index (χ4v) is 1.22. The average Bonchev–Trinajstić information content (AvgIpc) is 2.44. The number of carbonyl (C=O) groups excluding carboxylic acids is 1. The van der Waals surface area contributed by atoms with Crippen LogP contribution >= 0.6 is 12.2 Å². The van der Waals surface area contributed by atoms with E-state index in [2.05, 4.69) is 10.4 Å². The number of carbonyl (C=O) groups is 1.